The van der Waals surface area contributed by atoms with Crippen LogP contribution in [0.1, 0.15) is 84.7 Å². The van der Waals surface area contributed by atoms with E-state index in [2.05, 4.69) is 0 Å². The first kappa shape index (κ1) is 23.4. The molecule has 0 aliphatic heterocycles. The van der Waals surface area contributed by atoms with Gasteiger partial charge < -0.3 is 15.3 Å². The van der Waals surface area contributed by atoms with Crippen LogP contribution < -0.4 is 0 Å². The monoisotopic (exact) mass is 352 g/mol. The number of benzene rings is 1. The van der Waals surface area contributed by atoms with Crippen molar-refractivity contribution < 1.29 is 24.9 Å². The Morgan fingerprint density at radius 1 is 0.840 bits per heavy atom. The van der Waals surface area contributed by atoms with Gasteiger partial charge in [-0.3, -0.25) is 9.59 Å². The molecule has 0 amide bonds. The molecule has 25 heavy (non-hydrogen) atoms. The summed E-state index contributed by atoms with van der Waals surface area (Å²) in [5.41, 5.74) is 2.62. The minimum atomic E-state index is -0.667. The van der Waals surface area contributed by atoms with Crippen molar-refractivity contribution in [3.8, 4) is 0 Å². The molecule has 0 radical (unpaired) electrons. The van der Waals surface area contributed by atoms with Crippen LogP contribution in [-0.4, -0.2) is 47.7 Å². The van der Waals surface area contributed by atoms with Gasteiger partial charge in [0.25, 0.3) is 0 Å². The van der Waals surface area contributed by atoms with Crippen LogP contribution >= 0.6 is 0 Å². The van der Waals surface area contributed by atoms with E-state index in [4.69, 9.17) is 15.3 Å². The van der Waals surface area contributed by atoms with Gasteiger partial charge in [0.1, 0.15) is 12.6 Å². The number of aliphatic hydroxyl groups is 3. The average molecular weight is 352 g/mol. The first-order valence-electron chi connectivity index (χ1n) is 8.66. The molecular formula is C20H32O5. The first-order valence-corrected chi connectivity index (χ1v) is 8.66. The van der Waals surface area contributed by atoms with E-state index in [1.165, 1.54) is 0 Å². The molecule has 5 nitrogen and oxygen atoms in total. The molecule has 1 aromatic rings. The number of aliphatic hydroxyl groups excluding tert-OH is 3. The maximum atomic E-state index is 11.0. The lowest BCUT2D eigenvalue weighted by Gasteiger charge is -2.24. The molecule has 0 heterocycles. The average Bonchev–Trinajstić information content (AvgIpc) is 2.63. The fraction of sp³-hybridized carbons (Fsp3) is 0.600. The highest BCUT2D eigenvalue weighted by atomic mass is 16.3. The lowest BCUT2D eigenvalue weighted by Crippen LogP contribution is -2.32. The van der Waals surface area contributed by atoms with Crippen LogP contribution in [0.5, 0.6) is 0 Å². The second-order valence-corrected chi connectivity index (χ2v) is 6.98. The molecule has 0 unspecified atom stereocenters. The lowest BCUT2D eigenvalue weighted by molar-refractivity contribution is 0.00304. The van der Waals surface area contributed by atoms with Crippen molar-refractivity contribution in [1.29, 1.82) is 0 Å². The Labute approximate surface area is 150 Å². The van der Waals surface area contributed by atoms with Crippen molar-refractivity contribution in [2.75, 3.05) is 19.8 Å². The maximum Gasteiger partial charge on any atom is 0.150 e. The number of carbonyl (C=O) groups is 2. The van der Waals surface area contributed by atoms with Crippen molar-refractivity contribution >= 4 is 12.6 Å². The maximum absolute atomic E-state index is 11.0. The normalized spacial score (nSPS) is 11.3. The van der Waals surface area contributed by atoms with Crippen LogP contribution in [0.3, 0.4) is 0 Å². The predicted molar refractivity (Wildman–Crippen MR) is 99.4 cm³/mol. The van der Waals surface area contributed by atoms with Gasteiger partial charge in [0.05, 0.1) is 19.8 Å². The zero-order valence-corrected chi connectivity index (χ0v) is 16.0. The Morgan fingerprint density at radius 3 is 1.36 bits per heavy atom. The van der Waals surface area contributed by atoms with Gasteiger partial charge in [-0.05, 0) is 35.4 Å². The smallest absolute Gasteiger partial charge is 0.150 e. The largest absolute Gasteiger partial charge is 0.396 e. The molecule has 0 saturated carbocycles. The Morgan fingerprint density at radius 2 is 1.20 bits per heavy atom. The number of carbonyl (C=O) groups excluding carboxylic acids is 2. The Balaban J connectivity index is 0.000000547. The summed E-state index contributed by atoms with van der Waals surface area (Å²) in [7, 11) is 0. The molecule has 0 atom stereocenters. The van der Waals surface area contributed by atoms with E-state index >= 15 is 0 Å². The summed E-state index contributed by atoms with van der Waals surface area (Å²) < 4.78 is 0. The Hall–Kier alpha value is -1.56. The van der Waals surface area contributed by atoms with Crippen LogP contribution in [0.4, 0.5) is 0 Å². The predicted octanol–water partition coefficient (Wildman–Crippen LogP) is 2.92. The minimum absolute atomic E-state index is 0.156. The molecule has 0 fully saturated rings. The summed E-state index contributed by atoms with van der Waals surface area (Å²) >= 11 is 0. The SMILES string of the molecule is CC(C)c1cc(C(C)C)c(C=O)cc1C=O.CCC(CO)(CO)CO. The van der Waals surface area contributed by atoms with E-state index in [1.54, 1.807) is 6.07 Å². The summed E-state index contributed by atoms with van der Waals surface area (Å²) in [6, 6.07) is 3.69. The highest BCUT2D eigenvalue weighted by Gasteiger charge is 2.24. The summed E-state index contributed by atoms with van der Waals surface area (Å²) in [6.45, 7) is 9.55. The zero-order valence-electron chi connectivity index (χ0n) is 16.0. The molecular weight excluding hydrogens is 320 g/mol. The van der Waals surface area contributed by atoms with E-state index in [0.29, 0.717) is 29.4 Å². The second kappa shape index (κ2) is 11.1. The fourth-order valence-corrected chi connectivity index (χ4v) is 2.36. The van der Waals surface area contributed by atoms with Crippen LogP contribution in [0.25, 0.3) is 0 Å². The highest BCUT2D eigenvalue weighted by molar-refractivity contribution is 5.85. The van der Waals surface area contributed by atoms with Crippen molar-refractivity contribution in [2.45, 2.75) is 52.9 Å². The van der Waals surface area contributed by atoms with E-state index in [-0.39, 0.29) is 19.8 Å². The molecule has 3 N–H and O–H groups in total. The van der Waals surface area contributed by atoms with Gasteiger partial charge in [0.15, 0.2) is 0 Å². The minimum Gasteiger partial charge on any atom is -0.396 e. The third kappa shape index (κ3) is 6.34. The zero-order chi connectivity index (χ0) is 19.6. The third-order valence-corrected chi connectivity index (χ3v) is 4.54. The van der Waals surface area contributed by atoms with Gasteiger partial charge in [-0.15, -0.1) is 0 Å². The Kier molecular flexibility index (Phi) is 10.4. The molecule has 1 aromatic carbocycles. The van der Waals surface area contributed by atoms with Crippen LogP contribution in [0, 0.1) is 5.41 Å². The second-order valence-electron chi connectivity index (χ2n) is 6.98. The molecule has 5 heteroatoms. The summed E-state index contributed by atoms with van der Waals surface area (Å²) in [5.74, 6) is 0.580. The molecule has 0 bridgehead atoms. The molecule has 1 rings (SSSR count). The van der Waals surface area contributed by atoms with E-state index in [1.807, 2.05) is 40.7 Å². The standard InChI is InChI=1S/C14H18O2.C6H14O3/c1-9(2)13-6-14(10(3)4)12(8-16)5-11(13)7-15;1-2-6(3-7,4-8)5-9/h5-10H,1-4H3;7-9H,2-5H2,1H3. The van der Waals surface area contributed by atoms with Crippen LogP contribution in [-0.2, 0) is 0 Å². The quantitative estimate of drug-likeness (QED) is 0.625. The topological polar surface area (TPSA) is 94.8 Å². The van der Waals surface area contributed by atoms with Crippen molar-refractivity contribution in [1.82, 2.24) is 0 Å². The summed E-state index contributed by atoms with van der Waals surface area (Å²) in [5, 5.41) is 26.0. The fourth-order valence-electron chi connectivity index (χ4n) is 2.36. The van der Waals surface area contributed by atoms with Crippen molar-refractivity contribution in [2.24, 2.45) is 5.41 Å². The Bertz CT molecular complexity index is 493. The molecule has 0 aliphatic carbocycles. The first-order chi connectivity index (χ1) is 11.7. The van der Waals surface area contributed by atoms with Crippen LogP contribution in [0.2, 0.25) is 0 Å². The lowest BCUT2D eigenvalue weighted by atomic mass is 9.88. The number of rotatable bonds is 8. The number of aldehydes is 2. The molecule has 0 saturated heterocycles. The highest BCUT2D eigenvalue weighted by Crippen LogP contribution is 2.26. The summed E-state index contributed by atoms with van der Waals surface area (Å²) in [6.07, 6.45) is 2.25. The van der Waals surface area contributed by atoms with E-state index in [9.17, 15) is 9.59 Å². The van der Waals surface area contributed by atoms with E-state index < -0.39 is 5.41 Å². The van der Waals surface area contributed by atoms with Gasteiger partial charge >= 0.3 is 0 Å². The van der Waals surface area contributed by atoms with Crippen molar-refractivity contribution in [3.05, 3.63) is 34.4 Å². The van der Waals surface area contributed by atoms with Gasteiger partial charge in [-0.25, -0.2) is 0 Å². The molecule has 0 aromatic heterocycles. The van der Waals surface area contributed by atoms with Gasteiger partial charge in [-0.2, -0.15) is 0 Å². The molecule has 142 valence electrons. The third-order valence-electron chi connectivity index (χ3n) is 4.54. The van der Waals surface area contributed by atoms with Gasteiger partial charge in [0.2, 0.25) is 0 Å². The summed E-state index contributed by atoms with van der Waals surface area (Å²) in [4.78, 5) is 21.9. The van der Waals surface area contributed by atoms with Crippen molar-refractivity contribution in [3.63, 3.8) is 0 Å². The molecule has 0 spiro atoms. The molecule has 0 aliphatic rings. The number of hydrogen-bond acceptors (Lipinski definition) is 5. The van der Waals surface area contributed by atoms with Gasteiger partial charge in [0, 0.05) is 16.5 Å². The number of hydrogen-bond donors (Lipinski definition) is 3. The van der Waals surface area contributed by atoms with E-state index in [0.717, 1.165) is 23.7 Å². The van der Waals surface area contributed by atoms with Crippen LogP contribution in [0.15, 0.2) is 12.1 Å². The van der Waals surface area contributed by atoms with Gasteiger partial charge in [-0.1, -0.05) is 40.7 Å².